The predicted octanol–water partition coefficient (Wildman–Crippen LogP) is 2.80. The van der Waals surface area contributed by atoms with E-state index < -0.39 is 0 Å². The molecule has 0 spiro atoms. The topological polar surface area (TPSA) is 12.0 Å². The first kappa shape index (κ1) is 13.2. The Morgan fingerprint density at radius 3 is 2.88 bits per heavy atom. The van der Waals surface area contributed by atoms with E-state index in [0.717, 1.165) is 12.0 Å². The zero-order valence-electron chi connectivity index (χ0n) is 9.99. The third kappa shape index (κ3) is 3.63. The number of hydrogen-bond donors (Lipinski definition) is 1. The number of rotatable bonds is 4. The van der Waals surface area contributed by atoms with Gasteiger partial charge in [0.15, 0.2) is 0 Å². The normalized spacial score (nSPS) is 22.4. The highest BCUT2D eigenvalue weighted by molar-refractivity contribution is 8.06. The maximum Gasteiger partial charge on any atom is 0.126 e. The van der Waals surface area contributed by atoms with Crippen LogP contribution in [-0.2, 0) is 6.42 Å². The molecule has 1 aliphatic heterocycles. The summed E-state index contributed by atoms with van der Waals surface area (Å²) < 4.78 is 13.6. The highest BCUT2D eigenvalue weighted by Gasteiger charge is 2.24. The lowest BCUT2D eigenvalue weighted by molar-refractivity contribution is 0.533. The zero-order valence-corrected chi connectivity index (χ0v) is 11.6. The molecule has 94 valence electrons. The molecular formula is C13H18FNS2. The van der Waals surface area contributed by atoms with Crippen LogP contribution >= 0.6 is 23.5 Å². The lowest BCUT2D eigenvalue weighted by Crippen LogP contribution is -2.40. The lowest BCUT2D eigenvalue weighted by atomic mass is 10.0. The predicted molar refractivity (Wildman–Crippen MR) is 76.5 cm³/mol. The van der Waals surface area contributed by atoms with E-state index in [-0.39, 0.29) is 5.82 Å². The van der Waals surface area contributed by atoms with Gasteiger partial charge in [-0.25, -0.2) is 4.39 Å². The minimum Gasteiger partial charge on any atom is -0.316 e. The van der Waals surface area contributed by atoms with Gasteiger partial charge in [0, 0.05) is 28.6 Å². The van der Waals surface area contributed by atoms with Gasteiger partial charge in [0.1, 0.15) is 5.82 Å². The first-order valence-electron chi connectivity index (χ1n) is 5.91. The Bertz CT molecular complexity index is 353. The zero-order chi connectivity index (χ0) is 12.1. The van der Waals surface area contributed by atoms with Crippen LogP contribution in [0.2, 0.25) is 0 Å². The van der Waals surface area contributed by atoms with Crippen LogP contribution in [0.5, 0.6) is 0 Å². The van der Waals surface area contributed by atoms with Gasteiger partial charge >= 0.3 is 0 Å². The van der Waals surface area contributed by atoms with Crippen LogP contribution in [0.3, 0.4) is 0 Å². The third-order valence-corrected chi connectivity index (χ3v) is 5.98. The number of thioether (sulfide) groups is 2. The lowest BCUT2D eigenvalue weighted by Gasteiger charge is -2.29. The van der Waals surface area contributed by atoms with E-state index in [1.807, 2.05) is 42.7 Å². The van der Waals surface area contributed by atoms with Gasteiger partial charge in [-0.05, 0) is 25.1 Å². The first-order valence-corrected chi connectivity index (χ1v) is 8.11. The largest absolute Gasteiger partial charge is 0.316 e. The summed E-state index contributed by atoms with van der Waals surface area (Å²) >= 11 is 4.02. The fourth-order valence-corrected chi connectivity index (χ4v) is 4.99. The molecule has 0 aromatic heterocycles. The maximum atomic E-state index is 13.6. The monoisotopic (exact) mass is 271 g/mol. The minimum atomic E-state index is -0.0822. The molecule has 1 nitrogen and oxygen atoms in total. The smallest absolute Gasteiger partial charge is 0.126 e. The molecule has 4 heteroatoms. The molecule has 1 heterocycles. The summed E-state index contributed by atoms with van der Waals surface area (Å²) in [7, 11) is 1.98. The standard InChI is InChI=1S/C13H18FNS2/c1-15-12(13-9-16-6-7-17-13)8-10-4-2-3-5-11(10)14/h2-5,12-13,15H,6-9H2,1H3. The highest BCUT2D eigenvalue weighted by atomic mass is 32.2. The Labute approximate surface area is 111 Å². The van der Waals surface area contributed by atoms with Gasteiger partial charge in [0.05, 0.1) is 0 Å². The Hall–Kier alpha value is -0.190. The van der Waals surface area contributed by atoms with Crippen LogP contribution in [0.15, 0.2) is 24.3 Å². The summed E-state index contributed by atoms with van der Waals surface area (Å²) in [6.45, 7) is 0. The summed E-state index contributed by atoms with van der Waals surface area (Å²) in [6, 6.07) is 7.46. The third-order valence-electron chi connectivity index (χ3n) is 3.06. The summed E-state index contributed by atoms with van der Waals surface area (Å²) in [6.07, 6.45) is 0.779. The highest BCUT2D eigenvalue weighted by Crippen LogP contribution is 2.28. The Kier molecular flexibility index (Phi) is 5.19. The van der Waals surface area contributed by atoms with E-state index in [9.17, 15) is 4.39 Å². The van der Waals surface area contributed by atoms with Crippen LogP contribution in [-0.4, -0.2) is 35.6 Å². The van der Waals surface area contributed by atoms with Gasteiger partial charge < -0.3 is 5.32 Å². The van der Waals surface area contributed by atoms with E-state index in [2.05, 4.69) is 5.32 Å². The van der Waals surface area contributed by atoms with Gasteiger partial charge in [0.2, 0.25) is 0 Å². The number of benzene rings is 1. The van der Waals surface area contributed by atoms with Crippen molar-refractivity contribution in [2.45, 2.75) is 17.7 Å². The van der Waals surface area contributed by atoms with E-state index in [1.54, 1.807) is 12.1 Å². The van der Waals surface area contributed by atoms with Crippen molar-refractivity contribution in [1.29, 1.82) is 0 Å². The molecule has 2 unspecified atom stereocenters. The minimum absolute atomic E-state index is 0.0822. The van der Waals surface area contributed by atoms with E-state index >= 15 is 0 Å². The molecular weight excluding hydrogens is 253 g/mol. The molecule has 1 N–H and O–H groups in total. The average Bonchev–Trinajstić information content (AvgIpc) is 2.39. The van der Waals surface area contributed by atoms with Crippen molar-refractivity contribution in [3.63, 3.8) is 0 Å². The molecule has 2 rings (SSSR count). The Morgan fingerprint density at radius 1 is 1.41 bits per heavy atom. The molecule has 2 atom stereocenters. The Morgan fingerprint density at radius 2 is 2.24 bits per heavy atom. The molecule has 0 bridgehead atoms. The van der Waals surface area contributed by atoms with Crippen LogP contribution in [0.1, 0.15) is 5.56 Å². The van der Waals surface area contributed by atoms with Crippen molar-refractivity contribution in [1.82, 2.24) is 5.32 Å². The second-order valence-electron chi connectivity index (χ2n) is 4.17. The molecule has 1 aromatic rings. The molecule has 1 aromatic carbocycles. The van der Waals surface area contributed by atoms with Crippen molar-refractivity contribution in [2.75, 3.05) is 24.3 Å². The first-order chi connectivity index (χ1) is 8.31. The second kappa shape index (κ2) is 6.66. The number of halogens is 1. The summed E-state index contributed by atoms with van der Waals surface area (Å²) in [5.74, 6) is 3.55. The molecule has 0 amide bonds. The summed E-state index contributed by atoms with van der Waals surface area (Å²) in [5, 5.41) is 3.94. The van der Waals surface area contributed by atoms with Crippen LogP contribution in [0, 0.1) is 5.82 Å². The SMILES string of the molecule is CNC(Cc1ccccc1F)C1CSCCS1. The quantitative estimate of drug-likeness (QED) is 0.904. The number of nitrogens with one attached hydrogen (secondary N) is 1. The molecule has 1 saturated heterocycles. The fraction of sp³-hybridized carbons (Fsp3) is 0.538. The van der Waals surface area contributed by atoms with Crippen molar-refractivity contribution < 1.29 is 4.39 Å². The van der Waals surface area contributed by atoms with Crippen LogP contribution < -0.4 is 5.32 Å². The van der Waals surface area contributed by atoms with Gasteiger partial charge in [-0.3, -0.25) is 0 Å². The number of likely N-dealkylation sites (N-methyl/N-ethyl adjacent to an activating group) is 1. The van der Waals surface area contributed by atoms with Crippen LogP contribution in [0.25, 0.3) is 0 Å². The van der Waals surface area contributed by atoms with Gasteiger partial charge in [-0.15, -0.1) is 0 Å². The molecule has 0 aliphatic carbocycles. The summed E-state index contributed by atoms with van der Waals surface area (Å²) in [4.78, 5) is 0. The van der Waals surface area contributed by atoms with Gasteiger partial charge in [0.25, 0.3) is 0 Å². The molecule has 0 saturated carbocycles. The molecule has 1 aliphatic rings. The van der Waals surface area contributed by atoms with Crippen LogP contribution in [0.4, 0.5) is 4.39 Å². The molecule has 1 fully saturated rings. The van der Waals surface area contributed by atoms with Crippen molar-refractivity contribution in [2.24, 2.45) is 0 Å². The van der Waals surface area contributed by atoms with Gasteiger partial charge in [-0.2, -0.15) is 23.5 Å². The Balaban J connectivity index is 2.01. The van der Waals surface area contributed by atoms with E-state index in [4.69, 9.17) is 0 Å². The fourth-order valence-electron chi connectivity index (χ4n) is 2.06. The maximum absolute atomic E-state index is 13.6. The summed E-state index contributed by atoms with van der Waals surface area (Å²) in [5.41, 5.74) is 0.822. The molecule has 0 radical (unpaired) electrons. The van der Waals surface area contributed by atoms with Crippen molar-refractivity contribution in [3.8, 4) is 0 Å². The second-order valence-corrected chi connectivity index (χ2v) is 6.67. The van der Waals surface area contributed by atoms with E-state index in [1.165, 1.54) is 17.3 Å². The molecule has 17 heavy (non-hydrogen) atoms. The van der Waals surface area contributed by atoms with E-state index in [0.29, 0.717) is 11.3 Å². The van der Waals surface area contributed by atoms with Crippen molar-refractivity contribution in [3.05, 3.63) is 35.6 Å². The van der Waals surface area contributed by atoms with Crippen molar-refractivity contribution >= 4 is 23.5 Å². The average molecular weight is 271 g/mol. The number of hydrogen-bond acceptors (Lipinski definition) is 3. The van der Waals surface area contributed by atoms with Gasteiger partial charge in [-0.1, -0.05) is 18.2 Å².